The largest absolute Gasteiger partial charge is 0.383 e. The molecule has 1 amide bonds. The van der Waals surface area contributed by atoms with Gasteiger partial charge in [0.2, 0.25) is 5.91 Å². The number of carbonyl (C=O) groups is 1. The third kappa shape index (κ3) is 4.53. The van der Waals surface area contributed by atoms with E-state index in [-0.39, 0.29) is 12.0 Å². The molecule has 0 unspecified atom stereocenters. The Morgan fingerprint density at radius 2 is 2.46 bits per heavy atom. The van der Waals surface area contributed by atoms with Crippen LogP contribution in [0.25, 0.3) is 0 Å². The molecule has 134 valence electrons. The average molecular weight is 353 g/mol. The third-order valence-electron chi connectivity index (χ3n) is 4.92. The van der Waals surface area contributed by atoms with E-state index in [1.165, 1.54) is 5.01 Å². The van der Waals surface area contributed by atoms with E-state index >= 15 is 0 Å². The summed E-state index contributed by atoms with van der Waals surface area (Å²) in [7, 11) is 1.64. The summed E-state index contributed by atoms with van der Waals surface area (Å²) in [6.45, 7) is 6.97. The van der Waals surface area contributed by atoms with Gasteiger partial charge in [-0.1, -0.05) is 0 Å². The number of amides is 1. The van der Waals surface area contributed by atoms with Crippen molar-refractivity contribution >= 4 is 17.2 Å². The fourth-order valence-corrected chi connectivity index (χ4v) is 4.54. The fraction of sp³-hybridized carbons (Fsp3) is 0.765. The van der Waals surface area contributed by atoms with E-state index in [1.54, 1.807) is 18.4 Å². The summed E-state index contributed by atoms with van der Waals surface area (Å²) in [6.07, 6.45) is 1.64. The van der Waals surface area contributed by atoms with Crippen LogP contribution >= 0.6 is 11.3 Å². The number of aromatic nitrogens is 1. The molecule has 1 aromatic heterocycles. The maximum Gasteiger partial charge on any atom is 0.222 e. The maximum atomic E-state index is 12.0. The Morgan fingerprint density at radius 3 is 3.21 bits per heavy atom. The minimum absolute atomic E-state index is 0.0680. The van der Waals surface area contributed by atoms with Crippen LogP contribution in [0.4, 0.5) is 0 Å². The third-order valence-corrected chi connectivity index (χ3v) is 5.87. The molecule has 0 aromatic carbocycles. The van der Waals surface area contributed by atoms with Crippen molar-refractivity contribution in [1.29, 1.82) is 0 Å². The van der Waals surface area contributed by atoms with Gasteiger partial charge in [0.1, 0.15) is 5.01 Å². The molecule has 0 aliphatic carbocycles. The zero-order valence-corrected chi connectivity index (χ0v) is 15.3. The van der Waals surface area contributed by atoms with Gasteiger partial charge in [0, 0.05) is 37.2 Å². The molecule has 24 heavy (non-hydrogen) atoms. The molecule has 2 saturated heterocycles. The first kappa shape index (κ1) is 17.8. The Balaban J connectivity index is 1.45. The Morgan fingerprint density at radius 1 is 1.58 bits per heavy atom. The van der Waals surface area contributed by atoms with Crippen LogP contribution in [0.15, 0.2) is 5.38 Å². The van der Waals surface area contributed by atoms with Crippen molar-refractivity contribution in [3.05, 3.63) is 16.1 Å². The molecule has 3 rings (SSSR count). The summed E-state index contributed by atoms with van der Waals surface area (Å²) < 4.78 is 10.9. The van der Waals surface area contributed by atoms with Crippen LogP contribution in [-0.2, 0) is 20.8 Å². The van der Waals surface area contributed by atoms with E-state index < -0.39 is 0 Å². The Kier molecular flexibility index (Phi) is 6.21. The van der Waals surface area contributed by atoms with E-state index in [4.69, 9.17) is 9.47 Å². The number of aryl methyl sites for hydroxylation is 1. The van der Waals surface area contributed by atoms with Crippen LogP contribution in [0.5, 0.6) is 0 Å². The summed E-state index contributed by atoms with van der Waals surface area (Å²) in [6, 6.07) is 0. The molecule has 2 aliphatic heterocycles. The van der Waals surface area contributed by atoms with Gasteiger partial charge in [0.15, 0.2) is 0 Å². The van der Waals surface area contributed by atoms with Gasteiger partial charge in [-0.25, -0.2) is 4.98 Å². The molecule has 2 aliphatic rings. The molecular weight excluding hydrogens is 326 g/mol. The van der Waals surface area contributed by atoms with E-state index in [2.05, 4.69) is 20.6 Å². The standard InChI is InChI=1S/C17H27N3O3S/c1-12-11-24-17(19-12)9-20-5-3-14-13(8-20)10-23-15(14)7-16(21)18-4-6-22-2/h11,13-15H,3-10H2,1-2H3,(H,18,21)/t13-,14-,15+/m1/s1. The summed E-state index contributed by atoms with van der Waals surface area (Å²) in [4.78, 5) is 19.0. The molecule has 3 atom stereocenters. The molecule has 1 N–H and O–H groups in total. The van der Waals surface area contributed by atoms with Crippen LogP contribution in [0, 0.1) is 18.8 Å². The van der Waals surface area contributed by atoms with Crippen molar-refractivity contribution in [2.45, 2.75) is 32.4 Å². The highest BCUT2D eigenvalue weighted by atomic mass is 32.1. The lowest BCUT2D eigenvalue weighted by molar-refractivity contribution is -0.124. The summed E-state index contributed by atoms with van der Waals surface area (Å²) >= 11 is 1.74. The number of methoxy groups -OCH3 is 1. The van der Waals surface area contributed by atoms with Gasteiger partial charge in [-0.05, 0) is 25.8 Å². The number of carbonyl (C=O) groups excluding carboxylic acids is 1. The monoisotopic (exact) mass is 353 g/mol. The molecule has 2 fully saturated rings. The minimum atomic E-state index is 0.0680. The highest BCUT2D eigenvalue weighted by molar-refractivity contribution is 7.09. The Bertz CT molecular complexity index is 551. The van der Waals surface area contributed by atoms with Gasteiger partial charge in [0.25, 0.3) is 0 Å². The molecule has 0 saturated carbocycles. The van der Waals surface area contributed by atoms with Crippen LogP contribution in [0.2, 0.25) is 0 Å². The number of rotatable bonds is 7. The lowest BCUT2D eigenvalue weighted by Gasteiger charge is -2.35. The van der Waals surface area contributed by atoms with Crippen molar-refractivity contribution in [1.82, 2.24) is 15.2 Å². The predicted molar refractivity (Wildman–Crippen MR) is 93.0 cm³/mol. The zero-order valence-electron chi connectivity index (χ0n) is 14.5. The quantitative estimate of drug-likeness (QED) is 0.752. The number of likely N-dealkylation sites (tertiary alicyclic amines) is 1. The van der Waals surface area contributed by atoms with E-state index in [9.17, 15) is 4.79 Å². The summed E-state index contributed by atoms with van der Waals surface area (Å²) in [5.41, 5.74) is 1.11. The number of fused-ring (bicyclic) bond motifs is 1. The second-order valence-corrected chi connectivity index (χ2v) is 7.69. The van der Waals surface area contributed by atoms with E-state index in [0.29, 0.717) is 31.4 Å². The number of nitrogens with one attached hydrogen (secondary N) is 1. The number of nitrogens with zero attached hydrogens (tertiary/aromatic N) is 2. The zero-order chi connectivity index (χ0) is 16.9. The number of piperidine rings is 1. The van der Waals surface area contributed by atoms with Gasteiger partial charge in [-0.15, -0.1) is 11.3 Å². The molecule has 0 spiro atoms. The minimum Gasteiger partial charge on any atom is -0.383 e. The lowest BCUT2D eigenvalue weighted by atomic mass is 9.83. The molecule has 0 radical (unpaired) electrons. The summed E-state index contributed by atoms with van der Waals surface area (Å²) in [5, 5.41) is 6.19. The second kappa shape index (κ2) is 8.38. The van der Waals surface area contributed by atoms with Gasteiger partial charge in [0.05, 0.1) is 32.3 Å². The second-order valence-electron chi connectivity index (χ2n) is 6.75. The number of ether oxygens (including phenoxy) is 2. The number of hydrogen-bond acceptors (Lipinski definition) is 6. The summed E-state index contributed by atoms with van der Waals surface area (Å²) in [5.74, 6) is 1.11. The maximum absolute atomic E-state index is 12.0. The van der Waals surface area contributed by atoms with Crippen molar-refractivity contribution in [2.24, 2.45) is 11.8 Å². The first-order valence-electron chi connectivity index (χ1n) is 8.66. The van der Waals surface area contributed by atoms with Crippen molar-refractivity contribution in [3.63, 3.8) is 0 Å². The Hall–Kier alpha value is -1.02. The van der Waals surface area contributed by atoms with Crippen LogP contribution in [0.1, 0.15) is 23.5 Å². The highest BCUT2D eigenvalue weighted by Gasteiger charge is 2.41. The topological polar surface area (TPSA) is 63.7 Å². The predicted octanol–water partition coefficient (Wildman–Crippen LogP) is 1.44. The molecule has 7 heteroatoms. The molecule has 0 bridgehead atoms. The lowest BCUT2D eigenvalue weighted by Crippen LogP contribution is -2.42. The van der Waals surface area contributed by atoms with Crippen LogP contribution < -0.4 is 5.32 Å². The van der Waals surface area contributed by atoms with E-state index in [1.807, 2.05) is 6.92 Å². The molecule has 1 aromatic rings. The van der Waals surface area contributed by atoms with Gasteiger partial charge in [-0.2, -0.15) is 0 Å². The van der Waals surface area contributed by atoms with Crippen molar-refractivity contribution < 1.29 is 14.3 Å². The van der Waals surface area contributed by atoms with Crippen molar-refractivity contribution in [2.75, 3.05) is 40.0 Å². The normalized spacial score (nSPS) is 27.2. The first-order chi connectivity index (χ1) is 11.7. The molecule has 3 heterocycles. The highest BCUT2D eigenvalue weighted by Crippen LogP contribution is 2.36. The smallest absolute Gasteiger partial charge is 0.222 e. The molecule has 6 nitrogen and oxygen atoms in total. The van der Waals surface area contributed by atoms with Gasteiger partial charge >= 0.3 is 0 Å². The van der Waals surface area contributed by atoms with Crippen LogP contribution in [0.3, 0.4) is 0 Å². The first-order valence-corrected chi connectivity index (χ1v) is 9.54. The van der Waals surface area contributed by atoms with Gasteiger partial charge in [-0.3, -0.25) is 9.69 Å². The average Bonchev–Trinajstić information content (AvgIpc) is 3.14. The van der Waals surface area contributed by atoms with E-state index in [0.717, 1.165) is 38.4 Å². The van der Waals surface area contributed by atoms with Gasteiger partial charge < -0.3 is 14.8 Å². The van der Waals surface area contributed by atoms with Crippen LogP contribution in [-0.4, -0.2) is 61.9 Å². The molecular formula is C17H27N3O3S. The van der Waals surface area contributed by atoms with Crippen molar-refractivity contribution in [3.8, 4) is 0 Å². The number of thiazole rings is 1. The SMILES string of the molecule is COCCNC(=O)C[C@@H]1OC[C@H]2CN(Cc3nc(C)cs3)CC[C@H]21. The fourth-order valence-electron chi connectivity index (χ4n) is 3.73. The Labute approximate surface area is 147 Å². The number of hydrogen-bond donors (Lipinski definition) is 1.